The van der Waals surface area contributed by atoms with E-state index in [1.165, 1.54) is 5.69 Å². The van der Waals surface area contributed by atoms with E-state index in [1.54, 1.807) is 11.3 Å². The number of rotatable bonds is 5. The molecule has 118 valence electrons. The molecule has 0 spiro atoms. The highest BCUT2D eigenvalue weighted by molar-refractivity contribution is 7.13. The molecule has 2 aromatic rings. The molecule has 1 aliphatic heterocycles. The van der Waals surface area contributed by atoms with Crippen molar-refractivity contribution in [2.24, 2.45) is 0 Å². The van der Waals surface area contributed by atoms with Crippen LogP contribution in [0.5, 0.6) is 5.19 Å². The Morgan fingerprint density at radius 2 is 2.00 bits per heavy atom. The van der Waals surface area contributed by atoms with Crippen LogP contribution in [0.1, 0.15) is 18.4 Å². The summed E-state index contributed by atoms with van der Waals surface area (Å²) in [5, 5.41) is 9.98. The van der Waals surface area contributed by atoms with Gasteiger partial charge in [-0.1, -0.05) is 11.3 Å². The number of hydrogen-bond donors (Lipinski definition) is 0. The summed E-state index contributed by atoms with van der Waals surface area (Å²) in [5.41, 5.74) is 1.26. The SMILES string of the molecule is CCOc1nnc(CN2CCCN(c3ccncc3)CC2)s1. The zero-order valence-electron chi connectivity index (χ0n) is 12.8. The van der Waals surface area contributed by atoms with Gasteiger partial charge in [0.2, 0.25) is 0 Å². The van der Waals surface area contributed by atoms with Crippen LogP contribution in [0.4, 0.5) is 5.69 Å². The molecule has 2 aromatic heterocycles. The molecule has 6 nitrogen and oxygen atoms in total. The minimum atomic E-state index is 0.638. The summed E-state index contributed by atoms with van der Waals surface area (Å²) in [6.07, 6.45) is 4.86. The van der Waals surface area contributed by atoms with Crippen molar-refractivity contribution in [2.75, 3.05) is 37.7 Å². The van der Waals surface area contributed by atoms with Crippen LogP contribution < -0.4 is 9.64 Å². The van der Waals surface area contributed by atoms with Crippen molar-refractivity contribution in [3.63, 3.8) is 0 Å². The van der Waals surface area contributed by atoms with E-state index in [9.17, 15) is 0 Å². The third-order valence-corrected chi connectivity index (χ3v) is 4.51. The molecule has 3 rings (SSSR count). The molecule has 1 saturated heterocycles. The molecular weight excluding hydrogens is 298 g/mol. The van der Waals surface area contributed by atoms with Gasteiger partial charge in [0.25, 0.3) is 5.19 Å². The standard InChI is InChI=1S/C15H21N5OS/c1-2-21-15-18-17-14(22-15)12-19-8-3-9-20(11-10-19)13-4-6-16-7-5-13/h4-7H,2-3,8-12H2,1H3. The van der Waals surface area contributed by atoms with Gasteiger partial charge in [-0.15, -0.1) is 10.2 Å². The van der Waals surface area contributed by atoms with Gasteiger partial charge in [-0.05, 0) is 25.5 Å². The highest BCUT2D eigenvalue weighted by atomic mass is 32.1. The first-order valence-corrected chi connectivity index (χ1v) is 8.49. The molecule has 7 heteroatoms. The molecule has 0 saturated carbocycles. The lowest BCUT2D eigenvalue weighted by atomic mass is 10.3. The predicted molar refractivity (Wildman–Crippen MR) is 87.4 cm³/mol. The first-order chi connectivity index (χ1) is 10.8. The topological polar surface area (TPSA) is 54.4 Å². The first kappa shape index (κ1) is 15.2. The van der Waals surface area contributed by atoms with Crippen LogP contribution >= 0.6 is 11.3 Å². The van der Waals surface area contributed by atoms with Crippen molar-refractivity contribution in [3.05, 3.63) is 29.5 Å². The smallest absolute Gasteiger partial charge is 0.294 e. The molecule has 0 bridgehead atoms. The third kappa shape index (κ3) is 3.92. The molecule has 1 aliphatic rings. The third-order valence-electron chi connectivity index (χ3n) is 3.69. The number of pyridine rings is 1. The minimum Gasteiger partial charge on any atom is -0.469 e. The maximum atomic E-state index is 5.39. The Morgan fingerprint density at radius 1 is 1.14 bits per heavy atom. The van der Waals surface area contributed by atoms with E-state index in [-0.39, 0.29) is 0 Å². The maximum absolute atomic E-state index is 5.39. The van der Waals surface area contributed by atoms with Crippen LogP contribution in [0.15, 0.2) is 24.5 Å². The molecular formula is C15H21N5OS. The molecule has 0 radical (unpaired) electrons. The molecule has 0 aliphatic carbocycles. The Balaban J connectivity index is 1.56. The first-order valence-electron chi connectivity index (χ1n) is 7.67. The van der Waals surface area contributed by atoms with Gasteiger partial charge in [0, 0.05) is 44.3 Å². The fourth-order valence-electron chi connectivity index (χ4n) is 2.62. The fourth-order valence-corrected chi connectivity index (χ4v) is 3.41. The number of ether oxygens (including phenoxy) is 1. The van der Waals surface area contributed by atoms with Gasteiger partial charge in [-0.25, -0.2) is 0 Å². The zero-order valence-corrected chi connectivity index (χ0v) is 13.6. The van der Waals surface area contributed by atoms with E-state index in [4.69, 9.17) is 4.74 Å². The molecule has 1 fully saturated rings. The Labute approximate surface area is 134 Å². The van der Waals surface area contributed by atoms with E-state index in [0.29, 0.717) is 11.8 Å². The fraction of sp³-hybridized carbons (Fsp3) is 0.533. The molecule has 0 unspecified atom stereocenters. The van der Waals surface area contributed by atoms with Crippen molar-refractivity contribution in [1.29, 1.82) is 0 Å². The second kappa shape index (κ2) is 7.51. The van der Waals surface area contributed by atoms with Gasteiger partial charge in [-0.3, -0.25) is 9.88 Å². The van der Waals surface area contributed by atoms with E-state index in [1.807, 2.05) is 19.3 Å². The van der Waals surface area contributed by atoms with Crippen molar-refractivity contribution in [3.8, 4) is 5.19 Å². The largest absolute Gasteiger partial charge is 0.469 e. The van der Waals surface area contributed by atoms with Gasteiger partial charge < -0.3 is 9.64 Å². The summed E-state index contributed by atoms with van der Waals surface area (Å²) in [4.78, 5) is 8.95. The zero-order chi connectivity index (χ0) is 15.2. The number of aromatic nitrogens is 3. The second-order valence-electron chi connectivity index (χ2n) is 5.22. The van der Waals surface area contributed by atoms with Crippen molar-refractivity contribution < 1.29 is 4.74 Å². The second-order valence-corrected chi connectivity index (χ2v) is 6.24. The monoisotopic (exact) mass is 319 g/mol. The summed E-state index contributed by atoms with van der Waals surface area (Å²) in [7, 11) is 0. The van der Waals surface area contributed by atoms with Crippen molar-refractivity contribution in [2.45, 2.75) is 19.9 Å². The molecule has 0 aromatic carbocycles. The van der Waals surface area contributed by atoms with Gasteiger partial charge in [0.05, 0.1) is 13.2 Å². The van der Waals surface area contributed by atoms with Crippen molar-refractivity contribution >= 4 is 17.0 Å². The maximum Gasteiger partial charge on any atom is 0.294 e. The highest BCUT2D eigenvalue weighted by Crippen LogP contribution is 2.20. The highest BCUT2D eigenvalue weighted by Gasteiger charge is 2.17. The van der Waals surface area contributed by atoms with E-state index in [2.05, 4.69) is 37.1 Å². The lowest BCUT2D eigenvalue weighted by Gasteiger charge is -2.23. The molecule has 0 atom stereocenters. The van der Waals surface area contributed by atoms with E-state index in [0.717, 1.165) is 44.2 Å². The molecule has 0 N–H and O–H groups in total. The number of nitrogens with zero attached hydrogens (tertiary/aromatic N) is 5. The quantitative estimate of drug-likeness (QED) is 0.841. The van der Waals surface area contributed by atoms with Gasteiger partial charge in [0.1, 0.15) is 5.01 Å². The van der Waals surface area contributed by atoms with Crippen molar-refractivity contribution in [1.82, 2.24) is 20.1 Å². The Bertz CT molecular complexity index is 576. The summed E-state index contributed by atoms with van der Waals surface area (Å²) >= 11 is 1.55. The normalized spacial score (nSPS) is 16.5. The van der Waals surface area contributed by atoms with Crippen LogP contribution in [0, 0.1) is 0 Å². The number of hydrogen-bond acceptors (Lipinski definition) is 7. The number of anilines is 1. The molecule has 0 amide bonds. The van der Waals surface area contributed by atoms with E-state index >= 15 is 0 Å². The van der Waals surface area contributed by atoms with Gasteiger partial charge in [0.15, 0.2) is 0 Å². The van der Waals surface area contributed by atoms with Gasteiger partial charge >= 0.3 is 0 Å². The van der Waals surface area contributed by atoms with E-state index < -0.39 is 0 Å². The lowest BCUT2D eigenvalue weighted by molar-refractivity contribution is 0.284. The van der Waals surface area contributed by atoms with Gasteiger partial charge in [-0.2, -0.15) is 0 Å². The summed E-state index contributed by atoms with van der Waals surface area (Å²) in [5.74, 6) is 0. The summed E-state index contributed by atoms with van der Waals surface area (Å²) < 4.78 is 5.39. The van der Waals surface area contributed by atoms with Crippen LogP contribution in [-0.4, -0.2) is 52.9 Å². The summed E-state index contributed by atoms with van der Waals surface area (Å²) in [6.45, 7) is 7.69. The molecule has 22 heavy (non-hydrogen) atoms. The van der Waals surface area contributed by atoms with Crippen LogP contribution in [0.3, 0.4) is 0 Å². The molecule has 3 heterocycles. The lowest BCUT2D eigenvalue weighted by Crippen LogP contribution is -2.30. The summed E-state index contributed by atoms with van der Waals surface area (Å²) in [6, 6.07) is 4.16. The van der Waals surface area contributed by atoms with Crippen LogP contribution in [0.25, 0.3) is 0 Å². The van der Waals surface area contributed by atoms with Crippen LogP contribution in [-0.2, 0) is 6.54 Å². The Morgan fingerprint density at radius 3 is 2.82 bits per heavy atom. The average molecular weight is 319 g/mol. The Hall–Kier alpha value is -1.73. The minimum absolute atomic E-state index is 0.638. The van der Waals surface area contributed by atoms with Crippen LogP contribution in [0.2, 0.25) is 0 Å². The average Bonchev–Trinajstić information content (AvgIpc) is 2.85. The Kier molecular flexibility index (Phi) is 5.18. The predicted octanol–water partition coefficient (Wildman–Crippen LogP) is 2.04.